The number of hydrogen-bond donors (Lipinski definition) is 11. The van der Waals surface area contributed by atoms with Gasteiger partial charge in [0, 0.05) is 6.42 Å². The van der Waals surface area contributed by atoms with Crippen LogP contribution >= 0.6 is 0 Å². The fraction of sp³-hybridized carbons (Fsp3) is 0.519. The van der Waals surface area contributed by atoms with Crippen molar-refractivity contribution in [2.75, 3.05) is 6.54 Å². The van der Waals surface area contributed by atoms with Crippen molar-refractivity contribution in [2.24, 2.45) is 11.5 Å². The molecule has 0 aromatic heterocycles. The standard InChI is InChI=1S/C27H40N6O12/c1-13(34)22(33-23(40)16(29)11-20(36)37)26(43)32-19(12-21(38)39)25(42)31-18(10-14-5-7-15(35)8-6-14)24(41)30-17(27(44)45)4-2-3-9-28/h5-8,13,16-19,22,34-35H,2-4,9-12,28-29H2,1H3,(H,30,41)(H,31,42)(H,32,43)(H,33,40)(H,36,37)(H,38,39)(H,44,45)/t13-,16+,17+,18+,19+,22+/m1/s1. The lowest BCUT2D eigenvalue weighted by molar-refractivity contribution is -0.143. The minimum atomic E-state index is -1.87. The van der Waals surface area contributed by atoms with Gasteiger partial charge in [-0.05, 0) is 50.4 Å². The predicted molar refractivity (Wildman–Crippen MR) is 154 cm³/mol. The van der Waals surface area contributed by atoms with Crippen molar-refractivity contribution in [1.29, 1.82) is 0 Å². The number of aliphatic hydroxyl groups is 1. The number of carbonyl (C=O) groups is 7. The summed E-state index contributed by atoms with van der Waals surface area (Å²) in [5.74, 6) is -8.89. The molecule has 18 heteroatoms. The number of aliphatic carboxylic acids is 3. The van der Waals surface area contributed by atoms with Crippen LogP contribution in [0, 0.1) is 0 Å². The van der Waals surface area contributed by atoms with Crippen LogP contribution in [-0.4, -0.2) is 110 Å². The molecular formula is C27H40N6O12. The third kappa shape index (κ3) is 14.0. The van der Waals surface area contributed by atoms with Gasteiger partial charge in [0.05, 0.1) is 25.0 Å². The van der Waals surface area contributed by atoms with Crippen LogP contribution in [0.5, 0.6) is 5.75 Å². The molecule has 0 bridgehead atoms. The average molecular weight is 641 g/mol. The third-order valence-corrected chi connectivity index (χ3v) is 6.38. The van der Waals surface area contributed by atoms with Crippen LogP contribution in [0.3, 0.4) is 0 Å². The van der Waals surface area contributed by atoms with Crippen LogP contribution in [0.15, 0.2) is 24.3 Å². The van der Waals surface area contributed by atoms with Gasteiger partial charge in [0.1, 0.15) is 29.9 Å². The molecule has 0 aliphatic carbocycles. The number of carboxylic acids is 3. The van der Waals surface area contributed by atoms with E-state index in [1.54, 1.807) is 0 Å². The number of hydrogen-bond acceptors (Lipinski definition) is 11. The molecule has 1 rings (SSSR count). The zero-order chi connectivity index (χ0) is 34.3. The lowest BCUT2D eigenvalue weighted by Crippen LogP contribution is -2.61. The van der Waals surface area contributed by atoms with E-state index < -0.39 is 90.7 Å². The fourth-order valence-electron chi connectivity index (χ4n) is 3.96. The summed E-state index contributed by atoms with van der Waals surface area (Å²) in [5.41, 5.74) is 11.3. The second-order valence-corrected chi connectivity index (χ2v) is 10.2. The quantitative estimate of drug-likeness (QED) is 0.0624. The van der Waals surface area contributed by atoms with Crippen molar-refractivity contribution >= 4 is 41.5 Å². The summed E-state index contributed by atoms with van der Waals surface area (Å²) in [5, 5.41) is 56.2. The highest BCUT2D eigenvalue weighted by atomic mass is 16.4. The molecule has 45 heavy (non-hydrogen) atoms. The number of aliphatic hydroxyl groups excluding tert-OH is 1. The smallest absolute Gasteiger partial charge is 0.326 e. The molecule has 0 saturated heterocycles. The van der Waals surface area contributed by atoms with Gasteiger partial charge in [0.2, 0.25) is 23.6 Å². The highest BCUT2D eigenvalue weighted by Gasteiger charge is 2.34. The molecule has 13 N–H and O–H groups in total. The van der Waals surface area contributed by atoms with Gasteiger partial charge in [0.15, 0.2) is 0 Å². The summed E-state index contributed by atoms with van der Waals surface area (Å²) in [6, 6.07) is -2.62. The van der Waals surface area contributed by atoms with E-state index in [9.17, 15) is 54.0 Å². The van der Waals surface area contributed by atoms with E-state index in [0.717, 1.165) is 6.92 Å². The van der Waals surface area contributed by atoms with Crippen molar-refractivity contribution in [3.05, 3.63) is 29.8 Å². The minimum Gasteiger partial charge on any atom is -0.508 e. The maximum atomic E-state index is 13.3. The first-order valence-electron chi connectivity index (χ1n) is 13.8. The highest BCUT2D eigenvalue weighted by molar-refractivity contribution is 5.97. The number of carboxylic acid groups (broad SMARTS) is 3. The molecule has 1 aromatic rings. The molecule has 6 atom stereocenters. The molecule has 250 valence electrons. The lowest BCUT2D eigenvalue weighted by atomic mass is 10.0. The van der Waals surface area contributed by atoms with Gasteiger partial charge >= 0.3 is 17.9 Å². The summed E-state index contributed by atoms with van der Waals surface area (Å²) < 4.78 is 0. The molecule has 0 heterocycles. The van der Waals surface area contributed by atoms with Gasteiger partial charge in [-0.3, -0.25) is 28.8 Å². The van der Waals surface area contributed by atoms with Crippen LogP contribution in [0.25, 0.3) is 0 Å². The molecule has 0 spiro atoms. The molecule has 0 radical (unpaired) electrons. The number of amides is 4. The van der Waals surface area contributed by atoms with Crippen LogP contribution < -0.4 is 32.7 Å². The van der Waals surface area contributed by atoms with Crippen molar-refractivity contribution < 1.29 is 59.1 Å². The van der Waals surface area contributed by atoms with E-state index in [4.69, 9.17) is 16.6 Å². The van der Waals surface area contributed by atoms with Crippen LogP contribution in [-0.2, 0) is 40.0 Å². The van der Waals surface area contributed by atoms with Crippen LogP contribution in [0.4, 0.5) is 0 Å². The average Bonchev–Trinajstić information content (AvgIpc) is 2.94. The molecule has 18 nitrogen and oxygen atoms in total. The number of unbranched alkanes of at least 4 members (excludes halogenated alkanes) is 1. The normalized spacial score (nSPS) is 14.8. The first kappa shape index (κ1) is 38.2. The number of nitrogens with one attached hydrogen (secondary N) is 4. The van der Waals surface area contributed by atoms with Crippen molar-refractivity contribution in [1.82, 2.24) is 21.3 Å². The third-order valence-electron chi connectivity index (χ3n) is 6.38. The number of phenolic OH excluding ortho intramolecular Hbond substituents is 1. The van der Waals surface area contributed by atoms with Gasteiger partial charge in [-0.15, -0.1) is 0 Å². The highest BCUT2D eigenvalue weighted by Crippen LogP contribution is 2.12. The predicted octanol–water partition coefficient (Wildman–Crippen LogP) is -3.25. The Balaban J connectivity index is 3.24. The van der Waals surface area contributed by atoms with E-state index >= 15 is 0 Å². The molecule has 0 unspecified atom stereocenters. The Bertz CT molecular complexity index is 1210. The van der Waals surface area contributed by atoms with Gasteiger partial charge in [-0.2, -0.15) is 0 Å². The maximum absolute atomic E-state index is 13.3. The number of nitrogens with two attached hydrogens (primary N) is 2. The summed E-state index contributed by atoms with van der Waals surface area (Å²) in [6.07, 6.45) is -2.78. The van der Waals surface area contributed by atoms with Crippen molar-refractivity contribution in [2.45, 2.75) is 81.8 Å². The largest absolute Gasteiger partial charge is 0.508 e. The minimum absolute atomic E-state index is 0.0262. The number of aromatic hydroxyl groups is 1. The molecule has 0 aliphatic rings. The van der Waals surface area contributed by atoms with E-state index in [1.807, 2.05) is 0 Å². The number of phenols is 1. The number of carbonyl (C=O) groups excluding carboxylic acids is 4. The summed E-state index contributed by atoms with van der Waals surface area (Å²) >= 11 is 0. The lowest BCUT2D eigenvalue weighted by Gasteiger charge is -2.27. The monoisotopic (exact) mass is 640 g/mol. The molecule has 4 amide bonds. The second-order valence-electron chi connectivity index (χ2n) is 10.2. The molecule has 1 aromatic carbocycles. The van der Waals surface area contributed by atoms with E-state index in [0.29, 0.717) is 24.9 Å². The fourth-order valence-corrected chi connectivity index (χ4v) is 3.96. The Morgan fingerprint density at radius 3 is 1.78 bits per heavy atom. The Labute approximate surface area is 257 Å². The van der Waals surface area contributed by atoms with E-state index in [2.05, 4.69) is 21.3 Å². The van der Waals surface area contributed by atoms with Crippen molar-refractivity contribution in [3.8, 4) is 5.75 Å². The topological polar surface area (TPSA) is 321 Å². The second kappa shape index (κ2) is 18.8. The molecule has 0 fully saturated rings. The van der Waals surface area contributed by atoms with Gasteiger partial charge in [0.25, 0.3) is 0 Å². The summed E-state index contributed by atoms with van der Waals surface area (Å²) in [7, 11) is 0. The Hall–Kier alpha value is -4.81. The summed E-state index contributed by atoms with van der Waals surface area (Å²) in [6.45, 7) is 1.38. The van der Waals surface area contributed by atoms with Gasteiger partial charge in [-0.1, -0.05) is 12.1 Å². The van der Waals surface area contributed by atoms with E-state index in [-0.39, 0.29) is 18.6 Å². The van der Waals surface area contributed by atoms with Crippen LogP contribution in [0.2, 0.25) is 0 Å². The number of rotatable bonds is 20. The van der Waals surface area contributed by atoms with Crippen LogP contribution in [0.1, 0.15) is 44.6 Å². The molecular weight excluding hydrogens is 600 g/mol. The summed E-state index contributed by atoms with van der Waals surface area (Å²) in [4.78, 5) is 85.9. The maximum Gasteiger partial charge on any atom is 0.326 e. The zero-order valence-electron chi connectivity index (χ0n) is 24.5. The molecule has 0 aliphatic heterocycles. The molecule has 0 saturated carbocycles. The van der Waals surface area contributed by atoms with E-state index in [1.165, 1.54) is 24.3 Å². The van der Waals surface area contributed by atoms with Crippen molar-refractivity contribution in [3.63, 3.8) is 0 Å². The zero-order valence-corrected chi connectivity index (χ0v) is 24.5. The van der Waals surface area contributed by atoms with Gasteiger partial charge in [-0.25, -0.2) is 4.79 Å². The first-order valence-corrected chi connectivity index (χ1v) is 13.8. The number of benzene rings is 1. The Morgan fingerprint density at radius 2 is 1.27 bits per heavy atom. The first-order chi connectivity index (χ1) is 21.0. The Morgan fingerprint density at radius 1 is 0.733 bits per heavy atom. The SMILES string of the molecule is C[C@@H](O)[C@H](NC(=O)[C@@H](N)CC(=O)O)C(=O)N[C@@H](CC(=O)O)C(=O)N[C@@H](Cc1ccc(O)cc1)C(=O)N[C@@H](CCCCN)C(=O)O. The Kier molecular flexibility index (Phi) is 15.9. The van der Waals surface area contributed by atoms with Gasteiger partial charge < -0.3 is 58.3 Å².